The van der Waals surface area contributed by atoms with E-state index in [9.17, 15) is 4.79 Å². The number of nitrogens with zero attached hydrogens (tertiary/aromatic N) is 2. The minimum Gasteiger partial charge on any atom is -0.477 e. The molecule has 150 valence electrons. The second-order valence-corrected chi connectivity index (χ2v) is 7.56. The van der Waals surface area contributed by atoms with E-state index in [1.807, 2.05) is 42.5 Å². The topological polar surface area (TPSA) is 90.1 Å². The van der Waals surface area contributed by atoms with E-state index >= 15 is 0 Å². The smallest absolute Gasteiger partial charge is 0.251 e. The third kappa shape index (κ3) is 4.65. The summed E-state index contributed by atoms with van der Waals surface area (Å²) < 4.78 is 5.93. The lowest BCUT2D eigenvalue weighted by molar-refractivity contribution is 0.0953. The van der Waals surface area contributed by atoms with Crippen LogP contribution in [0.15, 0.2) is 42.5 Å². The molecule has 1 aliphatic carbocycles. The molecule has 4 rings (SSSR count). The lowest BCUT2D eigenvalue weighted by atomic mass is 10.0. The van der Waals surface area contributed by atoms with Crippen LogP contribution in [0.1, 0.15) is 43.0 Å². The van der Waals surface area contributed by atoms with Gasteiger partial charge in [0.15, 0.2) is 0 Å². The maximum absolute atomic E-state index is 12.2. The normalized spacial score (nSPS) is 13.4. The summed E-state index contributed by atoms with van der Waals surface area (Å²) in [7, 11) is 0. The SMILES string of the molecule is CCCCNC(=O)c1ccc(-c2ccc3nc(N)nc(OCC4CC4)c3c2)cc1. The van der Waals surface area contributed by atoms with Crippen molar-refractivity contribution in [3.05, 3.63) is 48.0 Å². The van der Waals surface area contributed by atoms with Crippen molar-refractivity contribution in [2.24, 2.45) is 5.92 Å². The Morgan fingerprint density at radius 1 is 1.14 bits per heavy atom. The van der Waals surface area contributed by atoms with Gasteiger partial charge in [-0.3, -0.25) is 4.79 Å². The molecular formula is C23H26N4O2. The summed E-state index contributed by atoms with van der Waals surface area (Å²) in [5.74, 6) is 1.34. The van der Waals surface area contributed by atoms with Gasteiger partial charge in [0, 0.05) is 12.1 Å². The van der Waals surface area contributed by atoms with Crippen LogP contribution in [-0.2, 0) is 0 Å². The van der Waals surface area contributed by atoms with Crippen LogP contribution < -0.4 is 15.8 Å². The molecule has 0 unspecified atom stereocenters. The number of nitrogens with two attached hydrogens (primary N) is 1. The number of amides is 1. The third-order valence-electron chi connectivity index (χ3n) is 5.13. The van der Waals surface area contributed by atoms with E-state index in [2.05, 4.69) is 22.2 Å². The number of carbonyl (C=O) groups is 1. The van der Waals surface area contributed by atoms with Gasteiger partial charge >= 0.3 is 0 Å². The number of nitrogen functional groups attached to an aromatic ring is 1. The number of benzene rings is 2. The zero-order chi connectivity index (χ0) is 20.2. The van der Waals surface area contributed by atoms with Crippen molar-refractivity contribution >= 4 is 22.8 Å². The number of unbranched alkanes of at least 4 members (excludes halogenated alkanes) is 1. The molecule has 0 atom stereocenters. The highest BCUT2D eigenvalue weighted by atomic mass is 16.5. The summed E-state index contributed by atoms with van der Waals surface area (Å²) in [6.07, 6.45) is 4.46. The van der Waals surface area contributed by atoms with Crippen LogP contribution in [0.25, 0.3) is 22.0 Å². The van der Waals surface area contributed by atoms with Crippen LogP contribution in [0.2, 0.25) is 0 Å². The van der Waals surface area contributed by atoms with Crippen molar-refractivity contribution in [2.45, 2.75) is 32.6 Å². The van der Waals surface area contributed by atoms with Crippen molar-refractivity contribution < 1.29 is 9.53 Å². The van der Waals surface area contributed by atoms with Crippen LogP contribution in [0.5, 0.6) is 5.88 Å². The second kappa shape index (κ2) is 8.47. The molecule has 0 saturated heterocycles. The van der Waals surface area contributed by atoms with E-state index in [0.29, 0.717) is 30.5 Å². The fourth-order valence-electron chi connectivity index (χ4n) is 3.18. The lowest BCUT2D eigenvalue weighted by Gasteiger charge is -2.10. The molecule has 1 amide bonds. The van der Waals surface area contributed by atoms with Gasteiger partial charge in [0.05, 0.1) is 17.5 Å². The first-order chi connectivity index (χ1) is 14.1. The van der Waals surface area contributed by atoms with Gasteiger partial charge in [-0.1, -0.05) is 31.5 Å². The Balaban J connectivity index is 1.57. The summed E-state index contributed by atoms with van der Waals surface area (Å²) in [6, 6.07) is 13.6. The summed E-state index contributed by atoms with van der Waals surface area (Å²) in [5, 5.41) is 3.79. The molecule has 6 nitrogen and oxygen atoms in total. The Labute approximate surface area is 170 Å². The maximum atomic E-state index is 12.2. The maximum Gasteiger partial charge on any atom is 0.251 e. The average molecular weight is 390 g/mol. The molecule has 0 aliphatic heterocycles. The standard InChI is InChI=1S/C23H26N4O2/c1-2-3-12-25-21(28)17-8-6-16(7-9-17)18-10-11-20-19(13-18)22(27-23(24)26-20)29-14-15-4-5-15/h6-11,13,15H,2-5,12,14H2,1H3,(H,25,28)(H2,24,26,27). The van der Waals surface area contributed by atoms with Crippen LogP contribution in [-0.4, -0.2) is 29.0 Å². The second-order valence-electron chi connectivity index (χ2n) is 7.56. The van der Waals surface area contributed by atoms with Gasteiger partial charge in [0.1, 0.15) is 0 Å². The van der Waals surface area contributed by atoms with Crippen molar-refractivity contribution in [3.8, 4) is 17.0 Å². The number of hydrogen-bond donors (Lipinski definition) is 2. The van der Waals surface area contributed by atoms with E-state index in [1.54, 1.807) is 0 Å². The van der Waals surface area contributed by atoms with Gasteiger partial charge in [-0.2, -0.15) is 4.98 Å². The van der Waals surface area contributed by atoms with Crippen LogP contribution in [0.3, 0.4) is 0 Å². The lowest BCUT2D eigenvalue weighted by Crippen LogP contribution is -2.24. The minimum absolute atomic E-state index is 0.0388. The number of nitrogens with one attached hydrogen (secondary N) is 1. The number of rotatable bonds is 8. The highest BCUT2D eigenvalue weighted by Crippen LogP contribution is 2.32. The fraction of sp³-hybridized carbons (Fsp3) is 0.348. The van der Waals surface area contributed by atoms with Gasteiger partial charge < -0.3 is 15.8 Å². The van der Waals surface area contributed by atoms with Crippen molar-refractivity contribution in [1.29, 1.82) is 0 Å². The van der Waals surface area contributed by atoms with E-state index in [0.717, 1.165) is 34.9 Å². The van der Waals surface area contributed by atoms with Gasteiger partial charge in [-0.05, 0) is 60.6 Å². The molecular weight excluding hydrogens is 364 g/mol. The molecule has 0 spiro atoms. The largest absolute Gasteiger partial charge is 0.477 e. The Kier molecular flexibility index (Phi) is 5.60. The van der Waals surface area contributed by atoms with Crippen molar-refractivity contribution in [1.82, 2.24) is 15.3 Å². The third-order valence-corrected chi connectivity index (χ3v) is 5.13. The Morgan fingerprint density at radius 3 is 2.62 bits per heavy atom. The van der Waals surface area contributed by atoms with Gasteiger partial charge in [0.25, 0.3) is 5.91 Å². The predicted octanol–water partition coefficient (Wildman–Crippen LogP) is 4.20. The number of carbonyl (C=O) groups excluding carboxylic acids is 1. The molecule has 1 aliphatic rings. The van der Waals surface area contributed by atoms with E-state index in [4.69, 9.17) is 10.5 Å². The molecule has 1 saturated carbocycles. The molecule has 1 aromatic heterocycles. The predicted molar refractivity (Wildman–Crippen MR) is 115 cm³/mol. The minimum atomic E-state index is -0.0388. The van der Waals surface area contributed by atoms with Gasteiger partial charge in [-0.15, -0.1) is 0 Å². The van der Waals surface area contributed by atoms with Crippen LogP contribution >= 0.6 is 0 Å². The molecule has 6 heteroatoms. The van der Waals surface area contributed by atoms with E-state index in [-0.39, 0.29) is 11.9 Å². The van der Waals surface area contributed by atoms with Crippen molar-refractivity contribution in [3.63, 3.8) is 0 Å². The molecule has 1 fully saturated rings. The summed E-state index contributed by atoms with van der Waals surface area (Å²) in [4.78, 5) is 20.8. The number of fused-ring (bicyclic) bond motifs is 1. The van der Waals surface area contributed by atoms with Crippen LogP contribution in [0.4, 0.5) is 5.95 Å². The summed E-state index contributed by atoms with van der Waals surface area (Å²) >= 11 is 0. The number of aromatic nitrogens is 2. The molecule has 1 heterocycles. The number of anilines is 1. The van der Waals surface area contributed by atoms with Gasteiger partial charge in [-0.25, -0.2) is 4.98 Å². The number of hydrogen-bond acceptors (Lipinski definition) is 5. The van der Waals surface area contributed by atoms with E-state index in [1.165, 1.54) is 12.8 Å². The highest BCUT2D eigenvalue weighted by molar-refractivity contribution is 5.95. The fourth-order valence-corrected chi connectivity index (χ4v) is 3.18. The Hall–Kier alpha value is -3.15. The quantitative estimate of drug-likeness (QED) is 0.563. The molecule has 0 bridgehead atoms. The van der Waals surface area contributed by atoms with E-state index < -0.39 is 0 Å². The summed E-state index contributed by atoms with van der Waals surface area (Å²) in [6.45, 7) is 3.47. The zero-order valence-corrected chi connectivity index (χ0v) is 16.6. The molecule has 2 aromatic carbocycles. The van der Waals surface area contributed by atoms with Gasteiger partial charge in [0.2, 0.25) is 11.8 Å². The number of ether oxygens (including phenoxy) is 1. The first-order valence-corrected chi connectivity index (χ1v) is 10.2. The zero-order valence-electron chi connectivity index (χ0n) is 16.6. The molecule has 0 radical (unpaired) electrons. The monoisotopic (exact) mass is 390 g/mol. The molecule has 3 aromatic rings. The van der Waals surface area contributed by atoms with Crippen molar-refractivity contribution in [2.75, 3.05) is 18.9 Å². The Bertz CT molecular complexity index is 1010. The first kappa shape index (κ1) is 19.2. The highest BCUT2D eigenvalue weighted by Gasteiger charge is 2.23. The molecule has 3 N–H and O–H groups in total. The average Bonchev–Trinajstić information content (AvgIpc) is 3.56. The molecule has 29 heavy (non-hydrogen) atoms. The first-order valence-electron chi connectivity index (χ1n) is 10.2. The van der Waals surface area contributed by atoms with Crippen LogP contribution in [0, 0.1) is 5.92 Å². The Morgan fingerprint density at radius 2 is 1.90 bits per heavy atom. The summed E-state index contributed by atoms with van der Waals surface area (Å²) in [5.41, 5.74) is 9.30.